The predicted octanol–water partition coefficient (Wildman–Crippen LogP) is 2.35. The molecule has 6 nitrogen and oxygen atoms in total. The number of carbonyl (C=O) groups excluding carboxylic acids is 1. The van der Waals surface area contributed by atoms with Crippen molar-refractivity contribution in [2.75, 3.05) is 6.54 Å². The fourth-order valence-corrected chi connectivity index (χ4v) is 3.27. The van der Waals surface area contributed by atoms with Gasteiger partial charge in [-0.2, -0.15) is 0 Å². The van der Waals surface area contributed by atoms with Gasteiger partial charge in [-0.1, -0.05) is 19.1 Å². The Morgan fingerprint density at radius 2 is 1.84 bits per heavy atom. The van der Waals surface area contributed by atoms with Gasteiger partial charge in [-0.15, -0.1) is 10.2 Å². The van der Waals surface area contributed by atoms with Crippen LogP contribution in [0, 0.1) is 0 Å². The van der Waals surface area contributed by atoms with Crippen LogP contribution in [0.2, 0.25) is 0 Å². The molecule has 1 aromatic carbocycles. The molecule has 3 heterocycles. The second-order valence-electron chi connectivity index (χ2n) is 6.32. The summed E-state index contributed by atoms with van der Waals surface area (Å²) in [6.07, 6.45) is 4.94. The monoisotopic (exact) mass is 335 g/mol. The minimum Gasteiger partial charge on any atom is -0.350 e. The molecule has 0 radical (unpaired) electrons. The van der Waals surface area contributed by atoms with Gasteiger partial charge in [-0.3, -0.25) is 4.79 Å². The molecule has 0 bridgehead atoms. The topological polar surface area (TPSA) is 56.0 Å². The van der Waals surface area contributed by atoms with E-state index in [0.717, 1.165) is 36.7 Å². The highest BCUT2D eigenvalue weighted by atomic mass is 16.2. The van der Waals surface area contributed by atoms with E-state index in [1.807, 2.05) is 53.7 Å². The molecule has 0 atom stereocenters. The van der Waals surface area contributed by atoms with Crippen LogP contribution in [0.4, 0.5) is 0 Å². The third kappa shape index (κ3) is 3.07. The number of nitrogens with zero attached hydrogens (tertiary/aromatic N) is 5. The van der Waals surface area contributed by atoms with Gasteiger partial charge in [0.2, 0.25) is 0 Å². The number of amides is 1. The summed E-state index contributed by atoms with van der Waals surface area (Å²) in [6.45, 7) is 4.88. The van der Waals surface area contributed by atoms with E-state index in [9.17, 15) is 4.79 Å². The highest BCUT2D eigenvalue weighted by molar-refractivity contribution is 5.94. The third-order valence-electron chi connectivity index (χ3n) is 4.67. The normalized spacial score (nSPS) is 13.7. The molecule has 1 amide bonds. The Bertz CT molecular complexity index is 864. The Labute approximate surface area is 146 Å². The van der Waals surface area contributed by atoms with Crippen LogP contribution in [0.5, 0.6) is 0 Å². The first-order chi connectivity index (χ1) is 12.2. The Hall–Kier alpha value is -2.89. The lowest BCUT2D eigenvalue weighted by Crippen LogP contribution is -2.38. The Balaban J connectivity index is 1.46. The lowest BCUT2D eigenvalue weighted by Gasteiger charge is -2.28. The van der Waals surface area contributed by atoms with Crippen molar-refractivity contribution in [3.8, 4) is 0 Å². The second kappa shape index (κ2) is 6.55. The van der Waals surface area contributed by atoms with E-state index in [4.69, 9.17) is 0 Å². The van der Waals surface area contributed by atoms with E-state index in [0.29, 0.717) is 13.1 Å². The molecule has 1 aliphatic rings. The number of hydrogen-bond acceptors (Lipinski definition) is 3. The summed E-state index contributed by atoms with van der Waals surface area (Å²) in [6, 6.07) is 11.9. The molecule has 4 rings (SSSR count). The standard InChI is InChI=1S/C19H21N5O/c1-2-17-20-21-18-14-23(11-12-24(17)18)19(25)16-7-5-15(6-8-16)13-22-9-3-4-10-22/h3-10H,2,11-14H2,1H3. The van der Waals surface area contributed by atoms with Crippen LogP contribution in [0.3, 0.4) is 0 Å². The number of aryl methyl sites for hydroxylation is 1. The van der Waals surface area contributed by atoms with Gasteiger partial charge < -0.3 is 14.0 Å². The summed E-state index contributed by atoms with van der Waals surface area (Å²) < 4.78 is 4.24. The number of rotatable bonds is 4. The molecule has 0 unspecified atom stereocenters. The maximum atomic E-state index is 12.8. The van der Waals surface area contributed by atoms with Crippen molar-refractivity contribution in [3.63, 3.8) is 0 Å². The zero-order chi connectivity index (χ0) is 17.2. The van der Waals surface area contributed by atoms with Crippen molar-refractivity contribution < 1.29 is 4.79 Å². The van der Waals surface area contributed by atoms with Crippen LogP contribution in [0.25, 0.3) is 0 Å². The number of benzene rings is 1. The third-order valence-corrected chi connectivity index (χ3v) is 4.67. The van der Waals surface area contributed by atoms with Crippen LogP contribution in [-0.4, -0.2) is 36.7 Å². The van der Waals surface area contributed by atoms with Gasteiger partial charge in [0.1, 0.15) is 5.82 Å². The fraction of sp³-hybridized carbons (Fsp3) is 0.316. The maximum Gasteiger partial charge on any atom is 0.254 e. The SMILES string of the molecule is CCc1nnc2n1CCN(C(=O)c1ccc(Cn3cccc3)cc1)C2. The van der Waals surface area contributed by atoms with E-state index >= 15 is 0 Å². The van der Waals surface area contributed by atoms with Crippen molar-refractivity contribution in [2.45, 2.75) is 33.0 Å². The van der Waals surface area contributed by atoms with E-state index in [-0.39, 0.29) is 5.91 Å². The van der Waals surface area contributed by atoms with Crippen molar-refractivity contribution >= 4 is 5.91 Å². The molecule has 2 aromatic heterocycles. The smallest absolute Gasteiger partial charge is 0.254 e. The van der Waals surface area contributed by atoms with Gasteiger partial charge in [0.15, 0.2) is 5.82 Å². The van der Waals surface area contributed by atoms with Crippen LogP contribution in [0.15, 0.2) is 48.8 Å². The molecule has 25 heavy (non-hydrogen) atoms. The average Bonchev–Trinajstić information content (AvgIpc) is 3.30. The van der Waals surface area contributed by atoms with Crippen LogP contribution in [-0.2, 0) is 26.1 Å². The fourth-order valence-electron chi connectivity index (χ4n) is 3.27. The number of carbonyl (C=O) groups is 1. The minimum atomic E-state index is 0.0554. The van der Waals surface area contributed by atoms with Gasteiger partial charge in [0.25, 0.3) is 5.91 Å². The Morgan fingerprint density at radius 1 is 1.08 bits per heavy atom. The summed E-state index contributed by atoms with van der Waals surface area (Å²) in [5, 5.41) is 8.43. The molecule has 0 spiro atoms. The Kier molecular flexibility index (Phi) is 4.09. The first-order valence-electron chi connectivity index (χ1n) is 8.64. The number of aromatic nitrogens is 4. The molecule has 0 saturated heterocycles. The minimum absolute atomic E-state index is 0.0554. The van der Waals surface area contributed by atoms with Crippen LogP contribution < -0.4 is 0 Å². The molecule has 1 aliphatic heterocycles. The summed E-state index contributed by atoms with van der Waals surface area (Å²) in [7, 11) is 0. The zero-order valence-corrected chi connectivity index (χ0v) is 14.3. The van der Waals surface area contributed by atoms with Crippen LogP contribution >= 0.6 is 0 Å². The van der Waals surface area contributed by atoms with Crippen molar-refractivity contribution in [1.82, 2.24) is 24.2 Å². The molecular weight excluding hydrogens is 314 g/mol. The lowest BCUT2D eigenvalue weighted by atomic mass is 10.1. The zero-order valence-electron chi connectivity index (χ0n) is 14.3. The van der Waals surface area contributed by atoms with E-state index < -0.39 is 0 Å². The molecule has 128 valence electrons. The van der Waals surface area contributed by atoms with E-state index in [1.165, 1.54) is 5.56 Å². The maximum absolute atomic E-state index is 12.8. The predicted molar refractivity (Wildman–Crippen MR) is 94.1 cm³/mol. The highest BCUT2D eigenvalue weighted by Crippen LogP contribution is 2.16. The summed E-state index contributed by atoms with van der Waals surface area (Å²) in [5.74, 6) is 1.93. The molecule has 3 aromatic rings. The van der Waals surface area contributed by atoms with Gasteiger partial charge in [0.05, 0.1) is 6.54 Å². The van der Waals surface area contributed by atoms with Gasteiger partial charge in [0, 0.05) is 44.0 Å². The van der Waals surface area contributed by atoms with Crippen molar-refractivity contribution in [1.29, 1.82) is 0 Å². The quantitative estimate of drug-likeness (QED) is 0.735. The second-order valence-corrected chi connectivity index (χ2v) is 6.32. The van der Waals surface area contributed by atoms with Gasteiger partial charge in [-0.25, -0.2) is 0 Å². The van der Waals surface area contributed by atoms with E-state index in [1.54, 1.807) is 0 Å². The molecule has 0 saturated carbocycles. The highest BCUT2D eigenvalue weighted by Gasteiger charge is 2.24. The van der Waals surface area contributed by atoms with E-state index in [2.05, 4.69) is 26.3 Å². The first kappa shape index (κ1) is 15.6. The summed E-state index contributed by atoms with van der Waals surface area (Å²) >= 11 is 0. The largest absolute Gasteiger partial charge is 0.350 e. The number of fused-ring (bicyclic) bond motifs is 1. The molecular formula is C19H21N5O. The lowest BCUT2D eigenvalue weighted by molar-refractivity contribution is 0.0706. The Morgan fingerprint density at radius 3 is 2.56 bits per heavy atom. The molecule has 6 heteroatoms. The van der Waals surface area contributed by atoms with Crippen LogP contribution in [0.1, 0.15) is 34.5 Å². The van der Waals surface area contributed by atoms with Gasteiger partial charge in [-0.05, 0) is 29.8 Å². The molecule has 0 N–H and O–H groups in total. The van der Waals surface area contributed by atoms with Crippen molar-refractivity contribution in [3.05, 3.63) is 71.6 Å². The number of hydrogen-bond donors (Lipinski definition) is 0. The summed E-state index contributed by atoms with van der Waals surface area (Å²) in [5.41, 5.74) is 1.90. The first-order valence-corrected chi connectivity index (χ1v) is 8.64. The average molecular weight is 335 g/mol. The van der Waals surface area contributed by atoms with Gasteiger partial charge >= 0.3 is 0 Å². The van der Waals surface area contributed by atoms with Crippen molar-refractivity contribution in [2.24, 2.45) is 0 Å². The molecule has 0 fully saturated rings. The molecule has 0 aliphatic carbocycles. The summed E-state index contributed by atoms with van der Waals surface area (Å²) in [4.78, 5) is 14.6.